The second-order valence-electron chi connectivity index (χ2n) is 5.42. The van der Waals surface area contributed by atoms with E-state index in [0.29, 0.717) is 12.8 Å². The van der Waals surface area contributed by atoms with Crippen molar-refractivity contribution < 1.29 is 20.1 Å². The molecule has 2 atom stereocenters. The van der Waals surface area contributed by atoms with Crippen molar-refractivity contribution in [3.63, 3.8) is 0 Å². The third-order valence-electron chi connectivity index (χ3n) is 3.45. The number of aliphatic hydroxyl groups excluding tert-OH is 2. The van der Waals surface area contributed by atoms with Gasteiger partial charge in [0, 0.05) is 6.42 Å². The zero-order valence-corrected chi connectivity index (χ0v) is 12.2. The van der Waals surface area contributed by atoms with Crippen LogP contribution in [0.5, 0.6) is 0 Å². The van der Waals surface area contributed by atoms with Gasteiger partial charge < -0.3 is 15.3 Å². The summed E-state index contributed by atoms with van der Waals surface area (Å²) in [6.07, 6.45) is 9.63. The van der Waals surface area contributed by atoms with Gasteiger partial charge in [0.05, 0.1) is 12.2 Å². The highest BCUT2D eigenvalue weighted by atomic mass is 16.4. The molecule has 0 aliphatic carbocycles. The maximum absolute atomic E-state index is 10.3. The second kappa shape index (κ2) is 12.4. The number of rotatable bonds is 13. The molecule has 4 nitrogen and oxygen atoms in total. The van der Waals surface area contributed by atoms with Crippen molar-refractivity contribution in [1.82, 2.24) is 0 Å². The van der Waals surface area contributed by atoms with Gasteiger partial charge in [-0.3, -0.25) is 4.79 Å². The molecule has 114 valence electrons. The van der Waals surface area contributed by atoms with E-state index in [1.54, 1.807) is 6.92 Å². The maximum Gasteiger partial charge on any atom is 0.303 e. The van der Waals surface area contributed by atoms with Gasteiger partial charge in [-0.05, 0) is 19.8 Å². The molecule has 0 aromatic heterocycles. The van der Waals surface area contributed by atoms with Crippen LogP contribution in [0.1, 0.15) is 77.6 Å². The second-order valence-corrected chi connectivity index (χ2v) is 5.42. The van der Waals surface area contributed by atoms with Crippen molar-refractivity contribution >= 4 is 5.97 Å². The maximum atomic E-state index is 10.3. The van der Waals surface area contributed by atoms with Gasteiger partial charge in [-0.2, -0.15) is 0 Å². The molecule has 0 amide bonds. The smallest absolute Gasteiger partial charge is 0.303 e. The van der Waals surface area contributed by atoms with E-state index in [-0.39, 0.29) is 0 Å². The fourth-order valence-electron chi connectivity index (χ4n) is 2.11. The zero-order chi connectivity index (χ0) is 14.5. The average molecular weight is 274 g/mol. The van der Waals surface area contributed by atoms with E-state index >= 15 is 0 Å². The van der Waals surface area contributed by atoms with E-state index < -0.39 is 18.2 Å². The summed E-state index contributed by atoms with van der Waals surface area (Å²) in [5.41, 5.74) is 0. The number of aliphatic hydroxyl groups is 2. The molecule has 2 unspecified atom stereocenters. The molecular formula is C15H30O4. The predicted octanol–water partition coefficient (Wildman–Crippen LogP) is 3.10. The minimum Gasteiger partial charge on any atom is -0.481 e. The minimum absolute atomic E-state index is 0.297. The van der Waals surface area contributed by atoms with Crippen LogP contribution in [0.2, 0.25) is 0 Å². The Morgan fingerprint density at radius 1 is 0.842 bits per heavy atom. The van der Waals surface area contributed by atoms with Gasteiger partial charge in [-0.1, -0.05) is 51.4 Å². The van der Waals surface area contributed by atoms with Gasteiger partial charge >= 0.3 is 5.97 Å². The van der Waals surface area contributed by atoms with Gasteiger partial charge in [0.15, 0.2) is 0 Å². The molecule has 4 heteroatoms. The van der Waals surface area contributed by atoms with E-state index in [1.807, 2.05) is 0 Å². The van der Waals surface area contributed by atoms with Gasteiger partial charge in [-0.15, -0.1) is 0 Å². The molecule has 0 heterocycles. The fourth-order valence-corrected chi connectivity index (χ4v) is 2.11. The highest BCUT2D eigenvalue weighted by Crippen LogP contribution is 2.12. The van der Waals surface area contributed by atoms with Crippen molar-refractivity contribution in [2.24, 2.45) is 0 Å². The molecule has 0 bridgehead atoms. The molecule has 0 radical (unpaired) electrons. The Morgan fingerprint density at radius 2 is 1.26 bits per heavy atom. The van der Waals surface area contributed by atoms with E-state index in [1.165, 1.54) is 25.7 Å². The topological polar surface area (TPSA) is 77.8 Å². The number of unbranched alkanes of at least 4 members (excludes halogenated alkanes) is 8. The van der Waals surface area contributed by atoms with Gasteiger partial charge in [0.1, 0.15) is 0 Å². The lowest BCUT2D eigenvalue weighted by molar-refractivity contribution is -0.137. The zero-order valence-electron chi connectivity index (χ0n) is 12.2. The standard InChI is InChI=1S/C15H30O4/c1-13(16)14(17)11-9-7-5-3-2-4-6-8-10-12-15(18)19/h13-14,16-17H,2-12H2,1H3,(H,18,19). The van der Waals surface area contributed by atoms with E-state index in [2.05, 4.69) is 0 Å². The molecule has 3 N–H and O–H groups in total. The molecule has 0 rings (SSSR count). The summed E-state index contributed by atoms with van der Waals surface area (Å²) < 4.78 is 0. The van der Waals surface area contributed by atoms with Crippen LogP contribution >= 0.6 is 0 Å². The Morgan fingerprint density at radius 3 is 1.68 bits per heavy atom. The molecule has 0 aliphatic rings. The van der Waals surface area contributed by atoms with Crippen LogP contribution in [-0.2, 0) is 4.79 Å². The van der Waals surface area contributed by atoms with Crippen LogP contribution in [0.15, 0.2) is 0 Å². The lowest BCUT2D eigenvalue weighted by Gasteiger charge is -2.12. The Labute approximate surface area is 116 Å². The van der Waals surface area contributed by atoms with Gasteiger partial charge in [0.25, 0.3) is 0 Å². The largest absolute Gasteiger partial charge is 0.481 e. The van der Waals surface area contributed by atoms with Crippen LogP contribution in [0, 0.1) is 0 Å². The van der Waals surface area contributed by atoms with Crippen LogP contribution in [0.3, 0.4) is 0 Å². The van der Waals surface area contributed by atoms with Gasteiger partial charge in [-0.25, -0.2) is 0 Å². The molecule has 0 saturated heterocycles. The first-order valence-electron chi connectivity index (χ1n) is 7.62. The highest BCUT2D eigenvalue weighted by molar-refractivity contribution is 5.66. The molecule has 0 aromatic carbocycles. The fraction of sp³-hybridized carbons (Fsp3) is 0.933. The summed E-state index contributed by atoms with van der Waals surface area (Å²) in [7, 11) is 0. The molecule has 0 aliphatic heterocycles. The van der Waals surface area contributed by atoms with E-state index in [9.17, 15) is 9.90 Å². The summed E-state index contributed by atoms with van der Waals surface area (Å²) in [5, 5.41) is 27.0. The Hall–Kier alpha value is -0.610. The normalized spacial score (nSPS) is 14.3. The lowest BCUT2D eigenvalue weighted by atomic mass is 10.0. The van der Waals surface area contributed by atoms with Gasteiger partial charge in [0.2, 0.25) is 0 Å². The number of carboxylic acid groups (broad SMARTS) is 1. The lowest BCUT2D eigenvalue weighted by Crippen LogP contribution is -2.21. The Bertz CT molecular complexity index is 216. The summed E-state index contributed by atoms with van der Waals surface area (Å²) in [4.78, 5) is 10.3. The SMILES string of the molecule is CC(O)C(O)CCCCCCCCCCCC(=O)O. The molecule has 0 fully saturated rings. The summed E-state index contributed by atoms with van der Waals surface area (Å²) in [5.74, 6) is -0.695. The highest BCUT2D eigenvalue weighted by Gasteiger charge is 2.09. The third kappa shape index (κ3) is 13.6. The van der Waals surface area contributed by atoms with Crippen molar-refractivity contribution in [3.8, 4) is 0 Å². The molecule has 0 spiro atoms. The summed E-state index contributed by atoms with van der Waals surface area (Å²) in [6, 6.07) is 0. The summed E-state index contributed by atoms with van der Waals surface area (Å²) >= 11 is 0. The van der Waals surface area contributed by atoms with Crippen LogP contribution in [-0.4, -0.2) is 33.5 Å². The third-order valence-corrected chi connectivity index (χ3v) is 3.45. The predicted molar refractivity (Wildman–Crippen MR) is 76.1 cm³/mol. The van der Waals surface area contributed by atoms with Crippen molar-refractivity contribution in [2.45, 2.75) is 89.8 Å². The molecule has 0 saturated carbocycles. The number of carboxylic acids is 1. The summed E-state index contributed by atoms with van der Waals surface area (Å²) in [6.45, 7) is 1.62. The first kappa shape index (κ1) is 18.4. The first-order valence-corrected chi connectivity index (χ1v) is 7.62. The van der Waals surface area contributed by atoms with Crippen molar-refractivity contribution in [2.75, 3.05) is 0 Å². The Kier molecular flexibility index (Phi) is 12.0. The average Bonchev–Trinajstić information content (AvgIpc) is 2.35. The van der Waals surface area contributed by atoms with Crippen LogP contribution < -0.4 is 0 Å². The van der Waals surface area contributed by atoms with Crippen LogP contribution in [0.25, 0.3) is 0 Å². The number of carbonyl (C=O) groups is 1. The number of hydrogen-bond acceptors (Lipinski definition) is 3. The molecule has 19 heavy (non-hydrogen) atoms. The monoisotopic (exact) mass is 274 g/mol. The Balaban J connectivity index is 3.09. The molecular weight excluding hydrogens is 244 g/mol. The van der Waals surface area contributed by atoms with E-state index in [0.717, 1.165) is 32.1 Å². The molecule has 0 aromatic rings. The van der Waals surface area contributed by atoms with E-state index in [4.69, 9.17) is 10.2 Å². The minimum atomic E-state index is -0.695. The van der Waals surface area contributed by atoms with Crippen molar-refractivity contribution in [3.05, 3.63) is 0 Å². The first-order chi connectivity index (χ1) is 9.04. The number of hydrogen-bond donors (Lipinski definition) is 3. The van der Waals surface area contributed by atoms with Crippen LogP contribution in [0.4, 0.5) is 0 Å². The quantitative estimate of drug-likeness (QED) is 0.451. The number of aliphatic carboxylic acids is 1. The van der Waals surface area contributed by atoms with Crippen molar-refractivity contribution in [1.29, 1.82) is 0 Å².